The van der Waals surface area contributed by atoms with Gasteiger partial charge in [-0.1, -0.05) is 24.0 Å². The summed E-state index contributed by atoms with van der Waals surface area (Å²) in [6.07, 6.45) is 0. The Bertz CT molecular complexity index is 1050. The monoisotopic (exact) mass is 456 g/mol. The van der Waals surface area contributed by atoms with E-state index in [-0.39, 0.29) is 17.7 Å². The lowest BCUT2D eigenvalue weighted by Gasteiger charge is -2.28. The van der Waals surface area contributed by atoms with Gasteiger partial charge in [0, 0.05) is 5.57 Å². The molecule has 0 bridgehead atoms. The molecule has 1 atom stereocenters. The fraction of sp³-hybridized carbons (Fsp3) is 0.360. The van der Waals surface area contributed by atoms with Crippen molar-refractivity contribution in [2.24, 2.45) is 0 Å². The number of hydrogen-bond acceptors (Lipinski definition) is 5. The largest absolute Gasteiger partial charge is 0.872 e. The topological polar surface area (TPSA) is 83.3 Å². The van der Waals surface area contributed by atoms with Gasteiger partial charge in [0.1, 0.15) is 5.82 Å². The summed E-state index contributed by atoms with van der Waals surface area (Å²) in [5.74, 6) is -1.64. The molecule has 0 radical (unpaired) electrons. The summed E-state index contributed by atoms with van der Waals surface area (Å²) >= 11 is 0. The number of halogens is 1. The highest BCUT2D eigenvalue weighted by molar-refractivity contribution is 6.46. The van der Waals surface area contributed by atoms with Crippen molar-refractivity contribution in [3.05, 3.63) is 65.0 Å². The van der Waals surface area contributed by atoms with E-state index in [2.05, 4.69) is 0 Å². The van der Waals surface area contributed by atoms with Crippen LogP contribution in [0.3, 0.4) is 0 Å². The van der Waals surface area contributed by atoms with Gasteiger partial charge in [0.15, 0.2) is 11.5 Å². The van der Waals surface area contributed by atoms with Crippen molar-refractivity contribution in [3.8, 4) is 11.5 Å². The summed E-state index contributed by atoms with van der Waals surface area (Å²) in [5, 5.41) is 13.3. The first-order valence-corrected chi connectivity index (χ1v) is 11.0. The molecule has 2 aromatic rings. The number of Topliss-reactive ketones (excluding diaryl/α,β-unsaturated/α-hetero) is 1. The molecular weight excluding hydrogens is 427 g/mol. The molecule has 1 aliphatic heterocycles. The van der Waals surface area contributed by atoms with E-state index in [1.807, 2.05) is 27.9 Å². The van der Waals surface area contributed by atoms with E-state index in [0.717, 1.165) is 17.0 Å². The lowest BCUT2D eigenvalue weighted by molar-refractivity contribution is -0.857. The van der Waals surface area contributed by atoms with Crippen LogP contribution in [0.2, 0.25) is 0 Å². The van der Waals surface area contributed by atoms with Crippen molar-refractivity contribution in [1.29, 1.82) is 0 Å². The summed E-state index contributed by atoms with van der Waals surface area (Å²) in [7, 11) is 3.88. The number of amides is 1. The van der Waals surface area contributed by atoms with E-state index < -0.39 is 29.3 Å². The highest BCUT2D eigenvalue weighted by atomic mass is 19.1. The molecule has 3 rings (SSSR count). The third kappa shape index (κ3) is 5.17. The number of nitrogens with one attached hydrogen (secondary N) is 1. The normalized spacial score (nSPS) is 17.6. The maximum absolute atomic E-state index is 13.4. The third-order valence-corrected chi connectivity index (χ3v) is 5.37. The number of nitrogens with zero attached hydrogens (tertiary/aromatic N) is 1. The van der Waals surface area contributed by atoms with E-state index in [4.69, 9.17) is 9.47 Å². The first kappa shape index (κ1) is 24.3. The van der Waals surface area contributed by atoms with Crippen molar-refractivity contribution >= 4 is 17.4 Å². The first-order valence-electron chi connectivity index (χ1n) is 11.0. The summed E-state index contributed by atoms with van der Waals surface area (Å²) in [4.78, 5) is 28.5. The van der Waals surface area contributed by atoms with Gasteiger partial charge in [-0.15, -0.1) is 0 Å². The summed E-state index contributed by atoms with van der Waals surface area (Å²) in [5.41, 5.74) is 0.570. The Labute approximate surface area is 193 Å². The van der Waals surface area contributed by atoms with E-state index in [0.29, 0.717) is 36.8 Å². The fourth-order valence-electron chi connectivity index (χ4n) is 3.79. The molecule has 2 aromatic carbocycles. The van der Waals surface area contributed by atoms with Gasteiger partial charge in [0.25, 0.3) is 5.91 Å². The number of rotatable bonds is 9. The molecule has 1 heterocycles. The molecule has 0 aromatic heterocycles. The van der Waals surface area contributed by atoms with Gasteiger partial charge in [-0.2, -0.15) is 0 Å². The molecule has 7 nitrogen and oxygen atoms in total. The van der Waals surface area contributed by atoms with Crippen LogP contribution >= 0.6 is 0 Å². The standard InChI is InChI=1S/C25H29FN2O5/c1-5-32-19-12-9-17(15-20(19)33-6-2)22-21(23(29)16-7-10-18(26)11-8-16)24(30)25(31)28(22)14-13-27(3)4/h7-12,15,22,29H,5-6,13-14H2,1-4H3. The Morgan fingerprint density at radius 1 is 1.03 bits per heavy atom. The number of quaternary nitrogens is 1. The molecule has 176 valence electrons. The van der Waals surface area contributed by atoms with Gasteiger partial charge < -0.3 is 24.4 Å². The molecule has 0 spiro atoms. The van der Waals surface area contributed by atoms with Crippen LogP contribution in [-0.2, 0) is 9.59 Å². The van der Waals surface area contributed by atoms with Crippen molar-refractivity contribution in [3.63, 3.8) is 0 Å². The van der Waals surface area contributed by atoms with Crippen LogP contribution < -0.4 is 19.5 Å². The zero-order valence-corrected chi connectivity index (χ0v) is 19.3. The number of benzene rings is 2. The number of likely N-dealkylation sites (N-methyl/N-ethyl adjacent to an activating group) is 1. The van der Waals surface area contributed by atoms with Gasteiger partial charge in [-0.05, 0) is 49.2 Å². The zero-order valence-electron chi connectivity index (χ0n) is 19.3. The predicted molar refractivity (Wildman–Crippen MR) is 119 cm³/mol. The molecule has 0 aliphatic carbocycles. The van der Waals surface area contributed by atoms with Gasteiger partial charge in [0.05, 0.1) is 46.4 Å². The average molecular weight is 457 g/mol. The predicted octanol–water partition coefficient (Wildman–Crippen LogP) is 0.992. The second-order valence-electron chi connectivity index (χ2n) is 8.01. The molecule has 1 N–H and O–H groups in total. The number of ether oxygens (including phenoxy) is 2. The van der Waals surface area contributed by atoms with E-state index in [9.17, 15) is 19.1 Å². The third-order valence-electron chi connectivity index (χ3n) is 5.37. The smallest absolute Gasteiger partial charge is 0.295 e. The van der Waals surface area contributed by atoms with E-state index in [1.165, 1.54) is 17.0 Å². The molecule has 1 saturated heterocycles. The summed E-state index contributed by atoms with van der Waals surface area (Å²) in [6.45, 7) is 5.41. The van der Waals surface area contributed by atoms with Crippen molar-refractivity contribution in [2.45, 2.75) is 19.9 Å². The second-order valence-corrected chi connectivity index (χ2v) is 8.01. The molecule has 0 saturated carbocycles. The zero-order chi connectivity index (χ0) is 24.1. The second kappa shape index (κ2) is 10.5. The minimum Gasteiger partial charge on any atom is -0.872 e. The lowest BCUT2D eigenvalue weighted by Crippen LogP contribution is -3.06. The summed E-state index contributed by atoms with van der Waals surface area (Å²) in [6, 6.07) is 9.22. The van der Waals surface area contributed by atoms with Gasteiger partial charge >= 0.3 is 0 Å². The quantitative estimate of drug-likeness (QED) is 0.346. The Balaban J connectivity index is 2.17. The van der Waals surface area contributed by atoms with Crippen LogP contribution in [0.1, 0.15) is 31.0 Å². The Morgan fingerprint density at radius 2 is 1.67 bits per heavy atom. The van der Waals surface area contributed by atoms with E-state index >= 15 is 0 Å². The van der Waals surface area contributed by atoms with Crippen LogP contribution in [0, 0.1) is 5.82 Å². The van der Waals surface area contributed by atoms with Crippen LogP contribution in [0.4, 0.5) is 4.39 Å². The number of hydrogen-bond donors (Lipinski definition) is 1. The molecule has 1 fully saturated rings. The maximum atomic E-state index is 13.4. The highest BCUT2D eigenvalue weighted by Gasteiger charge is 2.44. The number of likely N-dealkylation sites (tertiary alicyclic amines) is 1. The average Bonchev–Trinajstić information content (AvgIpc) is 3.04. The fourth-order valence-corrected chi connectivity index (χ4v) is 3.79. The first-order chi connectivity index (χ1) is 15.8. The Kier molecular flexibility index (Phi) is 7.71. The van der Waals surface area contributed by atoms with Crippen molar-refractivity contribution in [2.75, 3.05) is 40.4 Å². The number of ketones is 1. The number of carbonyl (C=O) groups is 2. The molecule has 8 heteroatoms. The van der Waals surface area contributed by atoms with Gasteiger partial charge in [0.2, 0.25) is 5.78 Å². The van der Waals surface area contributed by atoms with Crippen molar-refractivity contribution in [1.82, 2.24) is 4.90 Å². The lowest BCUT2D eigenvalue weighted by atomic mass is 9.95. The van der Waals surface area contributed by atoms with E-state index in [1.54, 1.807) is 18.2 Å². The van der Waals surface area contributed by atoms with Crippen LogP contribution in [0.5, 0.6) is 11.5 Å². The van der Waals surface area contributed by atoms with Crippen LogP contribution in [0.15, 0.2) is 48.0 Å². The minimum absolute atomic E-state index is 0.146. The highest BCUT2D eigenvalue weighted by Crippen LogP contribution is 2.41. The molecule has 33 heavy (non-hydrogen) atoms. The van der Waals surface area contributed by atoms with Gasteiger partial charge in [-0.25, -0.2) is 4.39 Å². The summed E-state index contributed by atoms with van der Waals surface area (Å²) < 4.78 is 24.7. The molecule has 1 amide bonds. The van der Waals surface area contributed by atoms with Crippen LogP contribution in [-0.4, -0.2) is 57.0 Å². The molecule has 1 aliphatic rings. The Morgan fingerprint density at radius 3 is 2.27 bits per heavy atom. The molecular formula is C25H29FN2O5. The maximum Gasteiger partial charge on any atom is 0.295 e. The Hall–Kier alpha value is -3.39. The minimum atomic E-state index is -0.878. The number of carbonyl (C=O) groups excluding carboxylic acids is 2. The SMILES string of the molecule is CCOc1ccc(C2C(=C([O-])c3ccc(F)cc3)C(=O)C(=O)N2CC[NH+](C)C)cc1OCC. The van der Waals surface area contributed by atoms with Gasteiger partial charge in [-0.3, -0.25) is 9.59 Å². The van der Waals surface area contributed by atoms with Crippen LogP contribution in [0.25, 0.3) is 5.76 Å². The molecule has 1 unspecified atom stereocenters. The van der Waals surface area contributed by atoms with Crippen molar-refractivity contribution < 1.29 is 33.5 Å².